The Hall–Kier alpha value is -2.24. The molecule has 2 fully saturated rings. The van der Waals surface area contributed by atoms with Crippen LogP contribution in [0.25, 0.3) is 0 Å². The summed E-state index contributed by atoms with van der Waals surface area (Å²) in [4.78, 5) is 53.6. The number of hydrogen-bond donors (Lipinski definition) is 0. The molecule has 4 aliphatic rings. The Morgan fingerprint density at radius 3 is 1.50 bits per heavy atom. The van der Waals surface area contributed by atoms with Gasteiger partial charge in [0.2, 0.25) is 23.6 Å². The number of fused-ring (bicyclic) bond motifs is 2. The Morgan fingerprint density at radius 1 is 0.769 bits per heavy atom. The van der Waals surface area contributed by atoms with E-state index in [4.69, 9.17) is 0 Å². The predicted octanol–water partition coefficient (Wildman–Crippen LogP) is 1.67. The first-order valence-electron chi connectivity index (χ1n) is 9.32. The molecule has 6 heteroatoms. The van der Waals surface area contributed by atoms with E-state index < -0.39 is 10.8 Å². The first kappa shape index (κ1) is 17.2. The molecule has 4 amide bonds. The normalized spacial score (nSPS) is 39.0. The lowest BCUT2D eigenvalue weighted by Crippen LogP contribution is -2.43. The minimum Gasteiger partial charge on any atom is -0.280 e. The quantitative estimate of drug-likeness (QED) is 0.569. The molecule has 0 spiro atoms. The van der Waals surface area contributed by atoms with Gasteiger partial charge < -0.3 is 0 Å². The largest absolute Gasteiger partial charge is 0.280 e. The summed E-state index contributed by atoms with van der Waals surface area (Å²) in [6, 6.07) is 0. The monoisotopic (exact) mass is 356 g/mol. The molecule has 2 aliphatic heterocycles. The van der Waals surface area contributed by atoms with Crippen molar-refractivity contribution in [1.82, 2.24) is 9.80 Å². The Balaban J connectivity index is 1.50. The molecule has 0 radical (unpaired) electrons. The number of imide groups is 2. The maximum absolute atomic E-state index is 12.8. The fraction of sp³-hybridized carbons (Fsp3) is 0.600. The highest BCUT2D eigenvalue weighted by atomic mass is 16.2. The summed E-state index contributed by atoms with van der Waals surface area (Å²) >= 11 is 0. The van der Waals surface area contributed by atoms with Gasteiger partial charge >= 0.3 is 0 Å². The van der Waals surface area contributed by atoms with Crippen molar-refractivity contribution in [3.8, 4) is 0 Å². The SMILES string of the molecule is C[C@]12CC=CC[C@@H]1C(=O)N(CCN1C(=O)[C@@H]3CC=CC[C@]3(C)C1=O)C2=O. The zero-order valence-corrected chi connectivity index (χ0v) is 15.2. The van der Waals surface area contributed by atoms with Crippen LogP contribution in [0.15, 0.2) is 24.3 Å². The molecule has 2 heterocycles. The van der Waals surface area contributed by atoms with Crippen molar-refractivity contribution >= 4 is 23.6 Å². The van der Waals surface area contributed by atoms with E-state index in [1.807, 2.05) is 38.2 Å². The van der Waals surface area contributed by atoms with Crippen LogP contribution < -0.4 is 0 Å². The highest BCUT2D eigenvalue weighted by molar-refractivity contribution is 6.09. The lowest BCUT2D eigenvalue weighted by Gasteiger charge is -2.28. The van der Waals surface area contributed by atoms with Crippen LogP contribution >= 0.6 is 0 Å². The van der Waals surface area contributed by atoms with Gasteiger partial charge in [0.05, 0.1) is 22.7 Å². The average Bonchev–Trinajstić information content (AvgIpc) is 2.93. The minimum atomic E-state index is -0.686. The maximum Gasteiger partial charge on any atom is 0.236 e. The molecule has 2 aliphatic carbocycles. The van der Waals surface area contributed by atoms with E-state index in [0.29, 0.717) is 25.7 Å². The van der Waals surface area contributed by atoms with Crippen molar-refractivity contribution in [2.24, 2.45) is 22.7 Å². The molecule has 4 rings (SSSR count). The average molecular weight is 356 g/mol. The molecule has 0 saturated carbocycles. The summed E-state index contributed by atoms with van der Waals surface area (Å²) in [6.45, 7) is 3.87. The van der Waals surface area contributed by atoms with Crippen molar-refractivity contribution in [2.75, 3.05) is 13.1 Å². The van der Waals surface area contributed by atoms with Crippen LogP contribution in [0.3, 0.4) is 0 Å². The molecule has 0 bridgehead atoms. The number of likely N-dealkylation sites (tertiary alicyclic amines) is 2. The van der Waals surface area contributed by atoms with E-state index >= 15 is 0 Å². The summed E-state index contributed by atoms with van der Waals surface area (Å²) < 4.78 is 0. The van der Waals surface area contributed by atoms with Gasteiger partial charge in [0, 0.05) is 13.1 Å². The molecule has 6 nitrogen and oxygen atoms in total. The molecule has 138 valence electrons. The van der Waals surface area contributed by atoms with Crippen molar-refractivity contribution < 1.29 is 19.2 Å². The van der Waals surface area contributed by atoms with Crippen LogP contribution in [-0.2, 0) is 19.2 Å². The van der Waals surface area contributed by atoms with E-state index in [0.717, 1.165) is 0 Å². The van der Waals surface area contributed by atoms with Crippen molar-refractivity contribution in [3.63, 3.8) is 0 Å². The van der Waals surface area contributed by atoms with Crippen LogP contribution in [0.2, 0.25) is 0 Å². The summed E-state index contributed by atoms with van der Waals surface area (Å²) in [5, 5.41) is 0. The van der Waals surface area contributed by atoms with Gasteiger partial charge in [-0.05, 0) is 39.5 Å². The first-order valence-corrected chi connectivity index (χ1v) is 9.32. The zero-order chi connectivity index (χ0) is 18.7. The lowest BCUT2D eigenvalue weighted by molar-refractivity contribution is -0.146. The van der Waals surface area contributed by atoms with Gasteiger partial charge in [-0.3, -0.25) is 29.0 Å². The van der Waals surface area contributed by atoms with Crippen LogP contribution in [0.5, 0.6) is 0 Å². The number of carbonyl (C=O) groups is 4. The highest BCUT2D eigenvalue weighted by Crippen LogP contribution is 2.47. The summed E-state index contributed by atoms with van der Waals surface area (Å²) in [5.74, 6) is -1.36. The molecule has 4 atom stereocenters. The van der Waals surface area contributed by atoms with E-state index in [1.165, 1.54) is 9.80 Å². The Kier molecular flexibility index (Phi) is 3.72. The molecule has 0 aromatic carbocycles. The fourth-order valence-corrected chi connectivity index (χ4v) is 4.96. The molecule has 0 aromatic rings. The van der Waals surface area contributed by atoms with E-state index in [1.54, 1.807) is 0 Å². The van der Waals surface area contributed by atoms with E-state index in [-0.39, 0.29) is 48.6 Å². The summed E-state index contributed by atoms with van der Waals surface area (Å²) in [7, 11) is 0. The third-order valence-corrected chi connectivity index (χ3v) is 6.84. The van der Waals surface area contributed by atoms with Crippen LogP contribution in [0.1, 0.15) is 39.5 Å². The third kappa shape index (κ3) is 2.10. The van der Waals surface area contributed by atoms with E-state index in [9.17, 15) is 19.2 Å². The fourth-order valence-electron chi connectivity index (χ4n) is 4.96. The van der Waals surface area contributed by atoms with Gasteiger partial charge in [-0.15, -0.1) is 0 Å². The highest BCUT2D eigenvalue weighted by Gasteiger charge is 2.58. The van der Waals surface area contributed by atoms with Crippen LogP contribution in [-0.4, -0.2) is 46.5 Å². The number of hydrogen-bond acceptors (Lipinski definition) is 4. The second-order valence-corrected chi connectivity index (χ2v) is 8.35. The summed E-state index contributed by atoms with van der Waals surface area (Å²) in [5.41, 5.74) is -1.37. The zero-order valence-electron chi connectivity index (χ0n) is 15.2. The van der Waals surface area contributed by atoms with Crippen molar-refractivity contribution in [1.29, 1.82) is 0 Å². The van der Waals surface area contributed by atoms with Crippen molar-refractivity contribution in [2.45, 2.75) is 39.5 Å². The second kappa shape index (κ2) is 5.63. The molecule has 26 heavy (non-hydrogen) atoms. The smallest absolute Gasteiger partial charge is 0.236 e. The molecule has 0 N–H and O–H groups in total. The lowest BCUT2D eigenvalue weighted by atomic mass is 9.72. The topological polar surface area (TPSA) is 74.8 Å². The minimum absolute atomic E-state index is 0.0947. The molecular formula is C20H24N2O4. The number of carbonyl (C=O) groups excluding carboxylic acids is 4. The van der Waals surface area contributed by atoms with E-state index in [2.05, 4.69) is 0 Å². The molecular weight excluding hydrogens is 332 g/mol. The van der Waals surface area contributed by atoms with Gasteiger partial charge in [-0.2, -0.15) is 0 Å². The van der Waals surface area contributed by atoms with Gasteiger partial charge in [0.15, 0.2) is 0 Å². The van der Waals surface area contributed by atoms with Crippen LogP contribution in [0, 0.1) is 22.7 Å². The van der Waals surface area contributed by atoms with Gasteiger partial charge in [-0.1, -0.05) is 24.3 Å². The molecule has 0 unspecified atom stereocenters. The number of allylic oxidation sites excluding steroid dienone is 4. The number of nitrogens with zero attached hydrogens (tertiary/aromatic N) is 2. The van der Waals surface area contributed by atoms with Gasteiger partial charge in [0.25, 0.3) is 0 Å². The predicted molar refractivity (Wildman–Crippen MR) is 93.4 cm³/mol. The number of rotatable bonds is 3. The van der Waals surface area contributed by atoms with Gasteiger partial charge in [-0.25, -0.2) is 0 Å². The second-order valence-electron chi connectivity index (χ2n) is 8.35. The third-order valence-electron chi connectivity index (χ3n) is 6.84. The Labute approximate surface area is 152 Å². The Bertz CT molecular complexity index is 706. The Morgan fingerprint density at radius 2 is 1.15 bits per heavy atom. The van der Waals surface area contributed by atoms with Gasteiger partial charge in [0.1, 0.15) is 0 Å². The standard InChI is InChI=1S/C20H24N2O4/c1-19-9-5-3-7-13(19)15(23)21(17(19)25)11-12-22-16(24)14-8-4-6-10-20(14,2)18(22)26/h3-6,13-14H,7-12H2,1-2H3/t13-,14+,19-,20-/m0/s1. The molecule has 2 saturated heterocycles. The first-order chi connectivity index (χ1) is 12.3. The maximum atomic E-state index is 12.8. The molecule has 0 aromatic heterocycles. The van der Waals surface area contributed by atoms with Crippen LogP contribution in [0.4, 0.5) is 0 Å². The van der Waals surface area contributed by atoms with Crippen molar-refractivity contribution in [3.05, 3.63) is 24.3 Å². The summed E-state index contributed by atoms with van der Waals surface area (Å²) in [6.07, 6.45) is 10.1. The number of amides is 4.